The molecule has 2 aromatic rings. The van der Waals surface area contributed by atoms with Crippen molar-refractivity contribution in [3.63, 3.8) is 0 Å². The van der Waals surface area contributed by atoms with Crippen LogP contribution in [0.25, 0.3) is 6.08 Å². The van der Waals surface area contributed by atoms with E-state index in [0.29, 0.717) is 11.4 Å². The van der Waals surface area contributed by atoms with Gasteiger partial charge in [0.1, 0.15) is 5.75 Å². The number of rotatable bonds is 8. The van der Waals surface area contributed by atoms with Gasteiger partial charge in [0.25, 0.3) is 5.91 Å². The highest BCUT2D eigenvalue weighted by molar-refractivity contribution is 5.95. The van der Waals surface area contributed by atoms with Crippen LogP contribution in [0.2, 0.25) is 0 Å². The summed E-state index contributed by atoms with van der Waals surface area (Å²) in [6.07, 6.45) is 2.87. The van der Waals surface area contributed by atoms with E-state index in [4.69, 9.17) is 9.47 Å². The third kappa shape index (κ3) is 7.50. The maximum atomic E-state index is 12.1. The molecule has 7 nitrogen and oxygen atoms in total. The van der Waals surface area contributed by atoms with Gasteiger partial charge in [0.2, 0.25) is 5.91 Å². The smallest absolute Gasteiger partial charge is 0.331 e. The predicted octanol–water partition coefficient (Wildman–Crippen LogP) is 2.66. The molecule has 2 amide bonds. The fourth-order valence-electron chi connectivity index (χ4n) is 2.34. The lowest BCUT2D eigenvalue weighted by Gasteiger charge is -2.16. The van der Waals surface area contributed by atoms with Crippen LogP contribution in [0.1, 0.15) is 11.1 Å². The fourth-order valence-corrected chi connectivity index (χ4v) is 2.34. The van der Waals surface area contributed by atoms with Crippen molar-refractivity contribution in [2.75, 3.05) is 32.6 Å². The number of esters is 1. The molecule has 152 valence electrons. The fraction of sp³-hybridized carbons (Fsp3) is 0.227. The Morgan fingerprint density at radius 2 is 1.83 bits per heavy atom. The third-order valence-electron chi connectivity index (χ3n) is 3.99. The largest absolute Gasteiger partial charge is 0.497 e. The normalized spacial score (nSPS) is 10.4. The van der Waals surface area contributed by atoms with E-state index in [1.807, 2.05) is 31.2 Å². The first-order valence-corrected chi connectivity index (χ1v) is 8.97. The standard InChI is InChI=1S/C22H24N2O5/c1-16-7-9-17(10-8-16)11-12-22(27)29-15-21(26)24(2)14-20(25)23-18-5-4-6-19(13-18)28-3/h4-13H,14-15H2,1-3H3,(H,23,25)/b12-11+. The van der Waals surface area contributed by atoms with Crippen molar-refractivity contribution in [1.82, 2.24) is 4.90 Å². The Balaban J connectivity index is 1.76. The van der Waals surface area contributed by atoms with Gasteiger partial charge in [0.05, 0.1) is 13.7 Å². The van der Waals surface area contributed by atoms with Gasteiger partial charge >= 0.3 is 5.97 Å². The van der Waals surface area contributed by atoms with Gasteiger partial charge in [-0.1, -0.05) is 35.9 Å². The van der Waals surface area contributed by atoms with Crippen LogP contribution in [0.15, 0.2) is 54.6 Å². The van der Waals surface area contributed by atoms with Crippen molar-refractivity contribution >= 4 is 29.5 Å². The number of carbonyl (C=O) groups is 3. The van der Waals surface area contributed by atoms with Crippen LogP contribution < -0.4 is 10.1 Å². The maximum absolute atomic E-state index is 12.1. The van der Waals surface area contributed by atoms with Crippen molar-refractivity contribution in [2.24, 2.45) is 0 Å². The van der Waals surface area contributed by atoms with Crippen LogP contribution in [-0.2, 0) is 19.1 Å². The van der Waals surface area contributed by atoms with Crippen LogP contribution in [0.5, 0.6) is 5.75 Å². The summed E-state index contributed by atoms with van der Waals surface area (Å²) in [5.41, 5.74) is 2.53. The third-order valence-corrected chi connectivity index (χ3v) is 3.99. The Bertz CT molecular complexity index is 890. The number of anilines is 1. The number of methoxy groups -OCH3 is 1. The molecule has 0 fully saturated rings. The van der Waals surface area contributed by atoms with Gasteiger partial charge in [-0.15, -0.1) is 0 Å². The van der Waals surface area contributed by atoms with E-state index in [9.17, 15) is 14.4 Å². The molecule has 0 aliphatic rings. The molecule has 0 radical (unpaired) electrons. The zero-order chi connectivity index (χ0) is 21.2. The van der Waals surface area contributed by atoms with E-state index in [0.717, 1.165) is 11.1 Å². The first-order valence-electron chi connectivity index (χ1n) is 8.97. The molecule has 2 aromatic carbocycles. The van der Waals surface area contributed by atoms with Crippen molar-refractivity contribution in [1.29, 1.82) is 0 Å². The lowest BCUT2D eigenvalue weighted by atomic mass is 10.1. The minimum absolute atomic E-state index is 0.174. The highest BCUT2D eigenvalue weighted by Gasteiger charge is 2.14. The van der Waals surface area contributed by atoms with Gasteiger partial charge in [0, 0.05) is 24.9 Å². The van der Waals surface area contributed by atoms with E-state index < -0.39 is 18.5 Å². The molecule has 2 rings (SSSR count). The number of likely N-dealkylation sites (N-methyl/N-ethyl adjacent to an activating group) is 1. The number of carbonyl (C=O) groups excluding carboxylic acids is 3. The molecule has 0 aliphatic carbocycles. The summed E-state index contributed by atoms with van der Waals surface area (Å²) in [6.45, 7) is 1.35. The first kappa shape index (κ1) is 21.7. The quantitative estimate of drug-likeness (QED) is 0.548. The molecule has 29 heavy (non-hydrogen) atoms. The first-order chi connectivity index (χ1) is 13.9. The number of nitrogens with zero attached hydrogens (tertiary/aromatic N) is 1. The van der Waals surface area contributed by atoms with Crippen LogP contribution >= 0.6 is 0 Å². The van der Waals surface area contributed by atoms with Crippen LogP contribution in [0.4, 0.5) is 5.69 Å². The number of benzene rings is 2. The topological polar surface area (TPSA) is 84.9 Å². The molecule has 0 saturated heterocycles. The predicted molar refractivity (Wildman–Crippen MR) is 110 cm³/mol. The molecule has 0 saturated carbocycles. The van der Waals surface area contributed by atoms with E-state index in [2.05, 4.69) is 5.32 Å². The number of hydrogen-bond acceptors (Lipinski definition) is 5. The van der Waals surface area contributed by atoms with Crippen molar-refractivity contribution < 1.29 is 23.9 Å². The molecule has 0 aliphatic heterocycles. The van der Waals surface area contributed by atoms with Gasteiger partial charge < -0.3 is 19.7 Å². The number of nitrogens with one attached hydrogen (secondary N) is 1. The van der Waals surface area contributed by atoms with Gasteiger partial charge in [0.15, 0.2) is 6.61 Å². The van der Waals surface area contributed by atoms with Gasteiger partial charge in [-0.3, -0.25) is 9.59 Å². The van der Waals surface area contributed by atoms with Gasteiger partial charge in [-0.25, -0.2) is 4.79 Å². The Morgan fingerprint density at radius 3 is 2.52 bits per heavy atom. The summed E-state index contributed by atoms with van der Waals surface area (Å²) in [7, 11) is 2.99. The SMILES string of the molecule is COc1cccc(NC(=O)CN(C)C(=O)COC(=O)/C=C/c2ccc(C)cc2)c1. The second-order valence-corrected chi connectivity index (χ2v) is 6.38. The number of aryl methyl sites for hydroxylation is 1. The highest BCUT2D eigenvalue weighted by Crippen LogP contribution is 2.16. The Morgan fingerprint density at radius 1 is 1.10 bits per heavy atom. The molecule has 1 N–H and O–H groups in total. The lowest BCUT2D eigenvalue weighted by Crippen LogP contribution is -2.37. The van der Waals surface area contributed by atoms with Crippen LogP contribution in [0, 0.1) is 6.92 Å². The number of ether oxygens (including phenoxy) is 2. The van der Waals surface area contributed by atoms with E-state index in [1.54, 1.807) is 30.3 Å². The van der Waals surface area contributed by atoms with Gasteiger partial charge in [-0.05, 0) is 30.7 Å². The molecule has 0 aromatic heterocycles. The van der Waals surface area contributed by atoms with E-state index >= 15 is 0 Å². The second kappa shape index (κ2) is 10.7. The average Bonchev–Trinajstić information content (AvgIpc) is 2.71. The summed E-state index contributed by atoms with van der Waals surface area (Å²) in [4.78, 5) is 37.1. The Kier molecular flexibility index (Phi) is 7.97. The van der Waals surface area contributed by atoms with Gasteiger partial charge in [-0.2, -0.15) is 0 Å². The molecule has 0 unspecified atom stereocenters. The van der Waals surface area contributed by atoms with Crippen molar-refractivity contribution in [2.45, 2.75) is 6.92 Å². The lowest BCUT2D eigenvalue weighted by molar-refractivity contribution is -0.148. The summed E-state index contributed by atoms with van der Waals surface area (Å²) in [6, 6.07) is 14.5. The minimum Gasteiger partial charge on any atom is -0.497 e. The summed E-state index contributed by atoms with van der Waals surface area (Å²) in [5, 5.41) is 2.68. The average molecular weight is 396 g/mol. The van der Waals surface area contributed by atoms with Crippen molar-refractivity contribution in [3.05, 3.63) is 65.7 Å². The monoisotopic (exact) mass is 396 g/mol. The van der Waals surface area contributed by atoms with E-state index in [-0.39, 0.29) is 12.5 Å². The summed E-state index contributed by atoms with van der Waals surface area (Å²) < 4.78 is 10.0. The molecular formula is C22H24N2O5. The highest BCUT2D eigenvalue weighted by atomic mass is 16.5. The molecule has 0 atom stereocenters. The minimum atomic E-state index is -0.631. The van der Waals surface area contributed by atoms with Crippen LogP contribution in [-0.4, -0.2) is 50.0 Å². The summed E-state index contributed by atoms with van der Waals surface area (Å²) >= 11 is 0. The van der Waals surface area contributed by atoms with E-state index in [1.165, 1.54) is 25.1 Å². The number of amides is 2. The maximum Gasteiger partial charge on any atom is 0.331 e. The second-order valence-electron chi connectivity index (χ2n) is 6.38. The molecule has 0 heterocycles. The molecular weight excluding hydrogens is 372 g/mol. The molecule has 0 spiro atoms. The van der Waals surface area contributed by atoms with Crippen LogP contribution in [0.3, 0.4) is 0 Å². The Labute approximate surface area is 169 Å². The molecule has 7 heteroatoms. The number of hydrogen-bond donors (Lipinski definition) is 1. The molecule has 0 bridgehead atoms. The zero-order valence-electron chi connectivity index (χ0n) is 16.7. The zero-order valence-corrected chi connectivity index (χ0v) is 16.7. The van der Waals surface area contributed by atoms with Crippen molar-refractivity contribution in [3.8, 4) is 5.75 Å². The summed E-state index contributed by atoms with van der Waals surface area (Å²) in [5.74, 6) is -0.881. The Hall–Kier alpha value is -3.61.